The third-order valence-corrected chi connectivity index (χ3v) is 7.30. The van der Waals surface area contributed by atoms with Crippen LogP contribution in [0.15, 0.2) is 79.0 Å². The number of amides is 2. The molecule has 0 bridgehead atoms. The van der Waals surface area contributed by atoms with Gasteiger partial charge in [0.1, 0.15) is 18.2 Å². The average molecular weight is 656 g/mol. The summed E-state index contributed by atoms with van der Waals surface area (Å²) in [5.74, 6) is -0.0420. The number of rotatable bonds is 6. The van der Waals surface area contributed by atoms with Crippen molar-refractivity contribution < 1.29 is 18.7 Å². The second kappa shape index (κ2) is 10.5. The van der Waals surface area contributed by atoms with Gasteiger partial charge in [0.2, 0.25) is 0 Å². The zero-order valence-electron chi connectivity index (χ0n) is 16.9. The summed E-state index contributed by atoms with van der Waals surface area (Å²) in [6.07, 6.45) is 1.69. The molecular weight excluding hydrogens is 641 g/mol. The predicted molar refractivity (Wildman–Crippen MR) is 138 cm³/mol. The molecule has 3 aromatic rings. The van der Waals surface area contributed by atoms with Crippen LogP contribution in [0.3, 0.4) is 0 Å². The van der Waals surface area contributed by atoms with E-state index in [1.54, 1.807) is 18.2 Å². The highest BCUT2D eigenvalue weighted by atomic mass is 79.9. The van der Waals surface area contributed by atoms with E-state index in [2.05, 4.69) is 47.8 Å². The third kappa shape index (κ3) is 5.95. The summed E-state index contributed by atoms with van der Waals surface area (Å²) in [7, 11) is 0. The molecule has 0 unspecified atom stereocenters. The summed E-state index contributed by atoms with van der Waals surface area (Å²) in [5.41, 5.74) is 2.43. The minimum Gasteiger partial charge on any atom is -0.487 e. The first kappa shape index (κ1) is 24.2. The lowest BCUT2D eigenvalue weighted by molar-refractivity contribution is -0.123. The van der Waals surface area contributed by atoms with Crippen molar-refractivity contribution in [3.8, 4) is 5.75 Å². The van der Waals surface area contributed by atoms with Crippen molar-refractivity contribution in [1.82, 2.24) is 4.90 Å². The summed E-state index contributed by atoms with van der Waals surface area (Å²) in [4.78, 5) is 26.9. The molecule has 3 aromatic carbocycles. The molecule has 0 aliphatic carbocycles. The monoisotopic (exact) mass is 653 g/mol. The van der Waals surface area contributed by atoms with Gasteiger partial charge in [-0.15, -0.1) is 0 Å². The fourth-order valence-corrected chi connectivity index (χ4v) is 5.88. The lowest BCUT2D eigenvalue weighted by Gasteiger charge is -2.13. The van der Waals surface area contributed by atoms with E-state index in [1.807, 2.05) is 36.4 Å². The second-order valence-electron chi connectivity index (χ2n) is 7.13. The van der Waals surface area contributed by atoms with E-state index in [9.17, 15) is 14.0 Å². The topological polar surface area (TPSA) is 46.6 Å². The van der Waals surface area contributed by atoms with Gasteiger partial charge in [0.05, 0.1) is 20.4 Å². The largest absolute Gasteiger partial charge is 0.487 e. The van der Waals surface area contributed by atoms with Gasteiger partial charge >= 0.3 is 0 Å². The van der Waals surface area contributed by atoms with E-state index >= 15 is 0 Å². The Morgan fingerprint density at radius 1 is 0.939 bits per heavy atom. The molecule has 9 heteroatoms. The van der Waals surface area contributed by atoms with Crippen LogP contribution in [0.2, 0.25) is 0 Å². The summed E-state index contributed by atoms with van der Waals surface area (Å²) < 4.78 is 21.2. The maximum atomic E-state index is 13.1. The first-order valence-corrected chi connectivity index (χ1v) is 12.9. The highest BCUT2D eigenvalue weighted by molar-refractivity contribution is 9.11. The van der Waals surface area contributed by atoms with Gasteiger partial charge in [-0.2, -0.15) is 0 Å². The average Bonchev–Trinajstić information content (AvgIpc) is 3.02. The van der Waals surface area contributed by atoms with Gasteiger partial charge in [-0.1, -0.05) is 40.2 Å². The molecule has 4 rings (SSSR count). The van der Waals surface area contributed by atoms with Crippen LogP contribution in [0.4, 0.5) is 9.18 Å². The number of thioether (sulfide) groups is 1. The highest BCUT2D eigenvalue weighted by Crippen LogP contribution is 2.38. The number of carbonyl (C=O) groups excluding carboxylic acids is 2. The summed E-state index contributed by atoms with van der Waals surface area (Å²) in [6.45, 7) is 0.482. The Kier molecular flexibility index (Phi) is 7.73. The van der Waals surface area contributed by atoms with E-state index < -0.39 is 0 Å². The van der Waals surface area contributed by atoms with E-state index in [4.69, 9.17) is 4.74 Å². The molecule has 168 valence electrons. The zero-order chi connectivity index (χ0) is 23.5. The number of carbonyl (C=O) groups is 2. The lowest BCUT2D eigenvalue weighted by Crippen LogP contribution is -2.27. The van der Waals surface area contributed by atoms with Crippen molar-refractivity contribution in [2.24, 2.45) is 0 Å². The number of nitrogens with zero attached hydrogens (tertiary/aromatic N) is 1. The lowest BCUT2D eigenvalue weighted by atomic mass is 10.2. The van der Waals surface area contributed by atoms with Crippen molar-refractivity contribution in [2.75, 3.05) is 0 Å². The van der Waals surface area contributed by atoms with Gasteiger partial charge in [-0.05, 0) is 103 Å². The Bertz CT molecular complexity index is 1240. The van der Waals surface area contributed by atoms with Gasteiger partial charge in [-0.25, -0.2) is 4.39 Å². The first-order chi connectivity index (χ1) is 15.8. The van der Waals surface area contributed by atoms with Gasteiger partial charge in [0, 0.05) is 4.47 Å². The molecule has 2 amide bonds. The highest BCUT2D eigenvalue weighted by Gasteiger charge is 2.35. The Morgan fingerprint density at radius 3 is 2.30 bits per heavy atom. The fourth-order valence-electron chi connectivity index (χ4n) is 3.14. The number of hydrogen-bond acceptors (Lipinski definition) is 4. The fraction of sp³-hybridized carbons (Fsp3) is 0.0833. The van der Waals surface area contributed by atoms with Crippen molar-refractivity contribution in [3.63, 3.8) is 0 Å². The predicted octanol–water partition coefficient (Wildman–Crippen LogP) is 7.93. The van der Waals surface area contributed by atoms with Gasteiger partial charge in [0.25, 0.3) is 11.1 Å². The Hall–Kier alpha value is -1.94. The summed E-state index contributed by atoms with van der Waals surface area (Å²) >= 11 is 11.3. The van der Waals surface area contributed by atoms with Gasteiger partial charge in [0.15, 0.2) is 0 Å². The maximum absolute atomic E-state index is 13.1. The van der Waals surface area contributed by atoms with Crippen LogP contribution >= 0.6 is 59.6 Å². The Labute approximate surface area is 219 Å². The molecule has 0 N–H and O–H groups in total. The summed E-state index contributed by atoms with van der Waals surface area (Å²) in [5, 5.41) is -0.302. The van der Waals surface area contributed by atoms with Crippen LogP contribution in [0.25, 0.3) is 6.08 Å². The number of halogens is 4. The first-order valence-electron chi connectivity index (χ1n) is 9.66. The molecule has 0 aromatic heterocycles. The molecule has 33 heavy (non-hydrogen) atoms. The summed E-state index contributed by atoms with van der Waals surface area (Å²) in [6, 6.07) is 17.2. The van der Waals surface area contributed by atoms with Crippen molar-refractivity contribution >= 4 is 76.8 Å². The molecule has 0 atom stereocenters. The van der Waals surface area contributed by atoms with Crippen LogP contribution in [0.1, 0.15) is 16.7 Å². The van der Waals surface area contributed by atoms with Crippen molar-refractivity contribution in [3.05, 3.63) is 101 Å². The molecule has 1 aliphatic heterocycles. The molecule has 0 radical (unpaired) electrons. The van der Waals surface area contributed by atoms with Crippen LogP contribution < -0.4 is 4.74 Å². The molecule has 0 saturated carbocycles. The van der Waals surface area contributed by atoms with Gasteiger partial charge < -0.3 is 4.74 Å². The van der Waals surface area contributed by atoms with Crippen molar-refractivity contribution in [1.29, 1.82) is 0 Å². The normalized spacial score (nSPS) is 14.9. The molecule has 0 spiro atoms. The Balaban J connectivity index is 1.49. The van der Waals surface area contributed by atoms with Crippen LogP contribution in [-0.4, -0.2) is 16.0 Å². The standard InChI is InChI=1S/C24H15Br3FNO3S/c25-17-3-1-2-15(8-17)12-29-23(30)21(33-24(29)31)11-16-9-19(26)22(20(27)10-16)32-13-14-4-6-18(28)7-5-14/h1-11H,12-13H2/b21-11+. The van der Waals surface area contributed by atoms with E-state index in [1.165, 1.54) is 17.0 Å². The second-order valence-corrected chi connectivity index (χ2v) is 10.7. The number of benzene rings is 3. The zero-order valence-corrected chi connectivity index (χ0v) is 22.4. The van der Waals surface area contributed by atoms with Crippen LogP contribution in [-0.2, 0) is 17.9 Å². The molecule has 4 nitrogen and oxygen atoms in total. The maximum Gasteiger partial charge on any atom is 0.293 e. The Morgan fingerprint density at radius 2 is 1.64 bits per heavy atom. The molecule has 1 aliphatic rings. The third-order valence-electron chi connectivity index (χ3n) is 4.72. The number of ether oxygens (including phenoxy) is 1. The minimum atomic E-state index is -0.325. The minimum absolute atomic E-state index is 0.213. The quantitative estimate of drug-likeness (QED) is 0.253. The van der Waals surface area contributed by atoms with Crippen LogP contribution in [0.5, 0.6) is 5.75 Å². The van der Waals surface area contributed by atoms with E-state index in [-0.39, 0.29) is 30.1 Å². The SMILES string of the molecule is O=C1S/C(=C/c2cc(Br)c(OCc3ccc(F)cc3)c(Br)c2)C(=O)N1Cc1cccc(Br)c1. The van der Waals surface area contributed by atoms with Crippen molar-refractivity contribution in [2.45, 2.75) is 13.2 Å². The molecule has 1 fully saturated rings. The van der Waals surface area contributed by atoms with E-state index in [0.29, 0.717) is 19.6 Å². The smallest absolute Gasteiger partial charge is 0.293 e. The molecular formula is C24H15Br3FNO3S. The molecule has 1 heterocycles. The number of hydrogen-bond donors (Lipinski definition) is 0. The molecule has 1 saturated heterocycles. The van der Waals surface area contributed by atoms with Gasteiger partial charge in [-0.3, -0.25) is 14.5 Å². The van der Waals surface area contributed by atoms with E-state index in [0.717, 1.165) is 32.9 Å². The van der Waals surface area contributed by atoms with Crippen LogP contribution in [0, 0.1) is 5.82 Å². The number of imide groups is 1.